The molecule has 0 saturated carbocycles. The Bertz CT molecular complexity index is 945. The Labute approximate surface area is 149 Å². The van der Waals surface area contributed by atoms with Crippen LogP contribution in [0.25, 0.3) is 11.0 Å². The van der Waals surface area contributed by atoms with Gasteiger partial charge in [-0.15, -0.1) is 0 Å². The highest BCUT2D eigenvalue weighted by Crippen LogP contribution is 2.28. The minimum absolute atomic E-state index is 0.216. The minimum Gasteiger partial charge on any atom is -0.323 e. The normalized spacial score (nSPS) is 12.4. The van der Waals surface area contributed by atoms with Crippen molar-refractivity contribution in [3.05, 3.63) is 101 Å². The van der Waals surface area contributed by atoms with Crippen molar-refractivity contribution in [3.8, 4) is 0 Å². The molecule has 0 aliphatic carbocycles. The van der Waals surface area contributed by atoms with E-state index in [2.05, 4.69) is 98.3 Å². The van der Waals surface area contributed by atoms with Crippen molar-refractivity contribution < 1.29 is 0 Å². The third-order valence-corrected chi connectivity index (χ3v) is 4.82. The summed E-state index contributed by atoms with van der Waals surface area (Å²) in [4.78, 5) is 4.59. The van der Waals surface area contributed by atoms with E-state index in [0.29, 0.717) is 0 Å². The maximum absolute atomic E-state index is 4.59. The Balaban J connectivity index is 1.84. The van der Waals surface area contributed by atoms with Crippen LogP contribution in [0.5, 0.6) is 0 Å². The van der Waals surface area contributed by atoms with E-state index in [1.807, 2.05) is 12.4 Å². The molecule has 0 bridgehead atoms. The maximum atomic E-state index is 4.59. The van der Waals surface area contributed by atoms with Gasteiger partial charge in [-0.05, 0) is 35.7 Å². The first-order valence-electron chi connectivity index (χ1n) is 8.02. The number of aromatic nitrogens is 2. The van der Waals surface area contributed by atoms with Crippen molar-refractivity contribution in [3.63, 3.8) is 0 Å². The van der Waals surface area contributed by atoms with Gasteiger partial charge < -0.3 is 4.57 Å². The van der Waals surface area contributed by atoms with Gasteiger partial charge in [-0.1, -0.05) is 76.6 Å². The Kier molecular flexibility index (Phi) is 4.18. The fourth-order valence-corrected chi connectivity index (χ4v) is 3.49. The highest BCUT2D eigenvalue weighted by molar-refractivity contribution is 9.10. The van der Waals surface area contributed by atoms with Crippen molar-refractivity contribution in [2.75, 3.05) is 0 Å². The number of hydrogen-bond donors (Lipinski definition) is 0. The minimum atomic E-state index is 0.216. The van der Waals surface area contributed by atoms with E-state index in [4.69, 9.17) is 0 Å². The summed E-state index contributed by atoms with van der Waals surface area (Å²) in [6.45, 7) is 0. The monoisotopic (exact) mass is 376 g/mol. The lowest BCUT2D eigenvalue weighted by atomic mass is 9.98. The molecular formula is C21H17BrN2. The maximum Gasteiger partial charge on any atom is 0.0964 e. The lowest BCUT2D eigenvalue weighted by Crippen LogP contribution is -2.12. The third-order valence-electron chi connectivity index (χ3n) is 4.33. The van der Waals surface area contributed by atoms with Crippen molar-refractivity contribution in [1.82, 2.24) is 9.55 Å². The summed E-state index contributed by atoms with van der Waals surface area (Å²) >= 11 is 3.58. The van der Waals surface area contributed by atoms with E-state index < -0.39 is 0 Å². The van der Waals surface area contributed by atoms with Gasteiger partial charge in [0.05, 0.1) is 23.4 Å². The number of halogens is 1. The molecule has 0 aliphatic heterocycles. The van der Waals surface area contributed by atoms with Crippen LogP contribution < -0.4 is 0 Å². The Hall–Kier alpha value is -2.39. The van der Waals surface area contributed by atoms with Crippen molar-refractivity contribution in [1.29, 1.82) is 0 Å². The number of rotatable bonds is 4. The second kappa shape index (κ2) is 6.62. The largest absolute Gasteiger partial charge is 0.323 e. The van der Waals surface area contributed by atoms with E-state index >= 15 is 0 Å². The number of hydrogen-bond acceptors (Lipinski definition) is 1. The van der Waals surface area contributed by atoms with Gasteiger partial charge in [-0.25, -0.2) is 4.98 Å². The molecule has 1 unspecified atom stereocenters. The average Bonchev–Trinajstić information content (AvgIpc) is 3.04. The predicted octanol–water partition coefficient (Wildman–Crippen LogP) is 5.63. The van der Waals surface area contributed by atoms with Crippen molar-refractivity contribution in [2.45, 2.75) is 12.5 Å². The van der Waals surface area contributed by atoms with Crippen LogP contribution in [0.3, 0.4) is 0 Å². The number of fused-ring (bicyclic) bond motifs is 1. The fourth-order valence-electron chi connectivity index (χ4n) is 3.14. The van der Waals surface area contributed by atoms with Gasteiger partial charge in [0, 0.05) is 4.47 Å². The molecule has 4 rings (SSSR count). The lowest BCUT2D eigenvalue weighted by Gasteiger charge is -2.20. The first kappa shape index (κ1) is 15.2. The molecule has 0 saturated heterocycles. The topological polar surface area (TPSA) is 17.8 Å². The van der Waals surface area contributed by atoms with Gasteiger partial charge in [0.25, 0.3) is 0 Å². The van der Waals surface area contributed by atoms with Gasteiger partial charge in [-0.2, -0.15) is 0 Å². The van der Waals surface area contributed by atoms with E-state index in [9.17, 15) is 0 Å². The van der Waals surface area contributed by atoms with Crippen LogP contribution in [0.15, 0.2) is 89.7 Å². The zero-order valence-electron chi connectivity index (χ0n) is 13.1. The van der Waals surface area contributed by atoms with Gasteiger partial charge in [0.2, 0.25) is 0 Å². The molecule has 24 heavy (non-hydrogen) atoms. The molecule has 0 amide bonds. The van der Waals surface area contributed by atoms with Crippen LogP contribution in [0.1, 0.15) is 17.2 Å². The molecule has 3 aromatic carbocycles. The Morgan fingerprint density at radius 1 is 0.875 bits per heavy atom. The molecule has 1 aromatic heterocycles. The summed E-state index contributed by atoms with van der Waals surface area (Å²) in [5.41, 5.74) is 4.78. The molecule has 0 spiro atoms. The molecule has 1 heterocycles. The summed E-state index contributed by atoms with van der Waals surface area (Å²) in [5.74, 6) is 0. The van der Waals surface area contributed by atoms with Crippen LogP contribution in [0.4, 0.5) is 0 Å². The molecular weight excluding hydrogens is 360 g/mol. The van der Waals surface area contributed by atoms with Gasteiger partial charge in [-0.3, -0.25) is 0 Å². The Morgan fingerprint density at radius 3 is 2.33 bits per heavy atom. The fraction of sp³-hybridized carbons (Fsp3) is 0.0952. The molecule has 1 atom stereocenters. The van der Waals surface area contributed by atoms with Gasteiger partial charge in [0.15, 0.2) is 0 Å². The number of benzene rings is 3. The first-order valence-corrected chi connectivity index (χ1v) is 8.81. The third kappa shape index (κ3) is 3.00. The first-order chi connectivity index (χ1) is 11.8. The summed E-state index contributed by atoms with van der Waals surface area (Å²) in [5, 5.41) is 0. The summed E-state index contributed by atoms with van der Waals surface area (Å²) in [7, 11) is 0. The summed E-state index contributed by atoms with van der Waals surface area (Å²) in [6, 6.07) is 27.7. The van der Waals surface area contributed by atoms with Crippen LogP contribution in [-0.2, 0) is 6.42 Å². The van der Waals surface area contributed by atoms with E-state index in [-0.39, 0.29) is 6.04 Å². The van der Waals surface area contributed by atoms with E-state index in [1.165, 1.54) is 11.1 Å². The SMILES string of the molecule is Brc1ccc2ncn(C(Cc3ccccc3)c3ccccc3)c2c1. The van der Waals surface area contributed by atoms with Crippen LogP contribution >= 0.6 is 15.9 Å². The van der Waals surface area contributed by atoms with E-state index in [0.717, 1.165) is 21.9 Å². The predicted molar refractivity (Wildman–Crippen MR) is 102 cm³/mol. The van der Waals surface area contributed by atoms with Gasteiger partial charge >= 0.3 is 0 Å². The molecule has 0 N–H and O–H groups in total. The van der Waals surface area contributed by atoms with Crippen LogP contribution in [0, 0.1) is 0 Å². The molecule has 0 fully saturated rings. The summed E-state index contributed by atoms with van der Waals surface area (Å²) in [6.07, 6.45) is 2.89. The standard InChI is InChI=1S/C21H17BrN2/c22-18-11-12-19-21(14-18)24(15-23-19)20(17-9-5-2-6-10-17)13-16-7-3-1-4-8-16/h1-12,14-15,20H,13H2. The number of nitrogens with zero attached hydrogens (tertiary/aromatic N) is 2. The second-order valence-electron chi connectivity index (χ2n) is 5.90. The zero-order valence-corrected chi connectivity index (χ0v) is 14.7. The second-order valence-corrected chi connectivity index (χ2v) is 6.82. The zero-order chi connectivity index (χ0) is 16.4. The molecule has 4 aromatic rings. The lowest BCUT2D eigenvalue weighted by molar-refractivity contribution is 0.596. The smallest absolute Gasteiger partial charge is 0.0964 e. The highest BCUT2D eigenvalue weighted by Gasteiger charge is 2.17. The molecule has 3 heteroatoms. The Morgan fingerprint density at radius 2 is 1.58 bits per heavy atom. The van der Waals surface area contributed by atoms with E-state index in [1.54, 1.807) is 0 Å². The molecule has 2 nitrogen and oxygen atoms in total. The highest BCUT2D eigenvalue weighted by atomic mass is 79.9. The van der Waals surface area contributed by atoms with Crippen molar-refractivity contribution in [2.24, 2.45) is 0 Å². The van der Waals surface area contributed by atoms with Crippen LogP contribution in [0.2, 0.25) is 0 Å². The summed E-state index contributed by atoms with van der Waals surface area (Å²) < 4.78 is 3.35. The van der Waals surface area contributed by atoms with Crippen molar-refractivity contribution >= 4 is 27.0 Å². The van der Waals surface area contributed by atoms with Gasteiger partial charge in [0.1, 0.15) is 0 Å². The number of imidazole rings is 1. The molecule has 0 aliphatic rings. The molecule has 118 valence electrons. The average molecular weight is 377 g/mol. The molecule has 0 radical (unpaired) electrons. The van der Waals surface area contributed by atoms with Crippen LogP contribution in [-0.4, -0.2) is 9.55 Å². The quantitative estimate of drug-likeness (QED) is 0.451.